The summed E-state index contributed by atoms with van der Waals surface area (Å²) in [6.07, 6.45) is 0.449. The molecule has 3 nitrogen and oxygen atoms in total. The molecule has 14 heavy (non-hydrogen) atoms. The standard InChI is InChI=1S/C9H16FN3S/c1-5(2)6(3-11)8(10)7-4-13-9(12)14-7/h4-6,8H,3,11H2,1-2H3,(H2,12,13). The van der Waals surface area contributed by atoms with E-state index >= 15 is 0 Å². The van der Waals surface area contributed by atoms with Gasteiger partial charge in [0.05, 0.1) is 4.88 Å². The Morgan fingerprint density at radius 1 is 1.57 bits per heavy atom. The number of anilines is 1. The quantitative estimate of drug-likeness (QED) is 0.810. The summed E-state index contributed by atoms with van der Waals surface area (Å²) in [5.74, 6) is 0.0631. The zero-order chi connectivity index (χ0) is 10.7. The fourth-order valence-corrected chi connectivity index (χ4v) is 2.11. The molecule has 0 amide bonds. The third kappa shape index (κ3) is 2.42. The maximum Gasteiger partial charge on any atom is 0.180 e. The van der Waals surface area contributed by atoms with Gasteiger partial charge >= 0.3 is 0 Å². The minimum atomic E-state index is -1.05. The Morgan fingerprint density at radius 3 is 2.57 bits per heavy atom. The Labute approximate surface area is 87.3 Å². The van der Waals surface area contributed by atoms with Crippen molar-refractivity contribution in [3.05, 3.63) is 11.1 Å². The van der Waals surface area contributed by atoms with Crippen molar-refractivity contribution in [3.8, 4) is 0 Å². The molecule has 0 bridgehead atoms. The Morgan fingerprint density at radius 2 is 2.21 bits per heavy atom. The van der Waals surface area contributed by atoms with Crippen LogP contribution in [0.15, 0.2) is 6.20 Å². The van der Waals surface area contributed by atoms with Crippen LogP contribution in [-0.2, 0) is 0 Å². The van der Waals surface area contributed by atoms with E-state index in [2.05, 4.69) is 4.98 Å². The number of rotatable bonds is 4. The van der Waals surface area contributed by atoms with Crippen molar-refractivity contribution in [1.29, 1.82) is 0 Å². The van der Waals surface area contributed by atoms with Crippen molar-refractivity contribution >= 4 is 16.5 Å². The second-order valence-electron chi connectivity index (χ2n) is 3.65. The second kappa shape index (κ2) is 4.70. The minimum Gasteiger partial charge on any atom is -0.375 e. The fourth-order valence-electron chi connectivity index (χ4n) is 1.37. The molecule has 0 spiro atoms. The highest BCUT2D eigenvalue weighted by molar-refractivity contribution is 7.15. The molecule has 0 fully saturated rings. The molecular weight excluding hydrogens is 201 g/mol. The van der Waals surface area contributed by atoms with E-state index in [1.165, 1.54) is 17.5 Å². The molecule has 80 valence electrons. The van der Waals surface area contributed by atoms with Crippen molar-refractivity contribution in [2.45, 2.75) is 20.0 Å². The lowest BCUT2D eigenvalue weighted by atomic mass is 9.91. The summed E-state index contributed by atoms with van der Waals surface area (Å²) in [6.45, 7) is 4.28. The summed E-state index contributed by atoms with van der Waals surface area (Å²) in [6, 6.07) is 0. The highest BCUT2D eigenvalue weighted by Gasteiger charge is 2.26. The van der Waals surface area contributed by atoms with Crippen LogP contribution in [0.2, 0.25) is 0 Å². The summed E-state index contributed by atoms with van der Waals surface area (Å²) in [5, 5.41) is 0.405. The molecule has 1 heterocycles. The predicted octanol–water partition coefficient (Wildman–Crippen LogP) is 1.97. The number of nitrogen functional groups attached to an aromatic ring is 1. The van der Waals surface area contributed by atoms with Gasteiger partial charge in [-0.05, 0) is 12.5 Å². The fraction of sp³-hybridized carbons (Fsp3) is 0.667. The van der Waals surface area contributed by atoms with Crippen molar-refractivity contribution < 1.29 is 4.39 Å². The topological polar surface area (TPSA) is 64.9 Å². The largest absolute Gasteiger partial charge is 0.375 e. The molecule has 4 N–H and O–H groups in total. The van der Waals surface area contributed by atoms with Gasteiger partial charge in [0.15, 0.2) is 5.13 Å². The van der Waals surface area contributed by atoms with Crippen LogP contribution in [-0.4, -0.2) is 11.5 Å². The number of hydrogen-bond acceptors (Lipinski definition) is 4. The Bertz CT molecular complexity index is 287. The molecule has 0 aliphatic rings. The molecule has 0 aromatic carbocycles. The lowest BCUT2D eigenvalue weighted by molar-refractivity contribution is 0.192. The first-order valence-corrected chi connectivity index (χ1v) is 5.43. The Kier molecular flexibility index (Phi) is 3.83. The van der Waals surface area contributed by atoms with Crippen molar-refractivity contribution in [2.24, 2.45) is 17.6 Å². The summed E-state index contributed by atoms with van der Waals surface area (Å²) < 4.78 is 13.9. The van der Waals surface area contributed by atoms with Crippen LogP contribution in [0.25, 0.3) is 0 Å². The van der Waals surface area contributed by atoms with E-state index in [4.69, 9.17) is 11.5 Å². The molecule has 5 heteroatoms. The van der Waals surface area contributed by atoms with Gasteiger partial charge in [0.25, 0.3) is 0 Å². The van der Waals surface area contributed by atoms with Gasteiger partial charge in [-0.1, -0.05) is 25.2 Å². The van der Waals surface area contributed by atoms with Crippen molar-refractivity contribution in [2.75, 3.05) is 12.3 Å². The van der Waals surface area contributed by atoms with Crippen LogP contribution in [0.3, 0.4) is 0 Å². The molecule has 0 saturated heterocycles. The SMILES string of the molecule is CC(C)C(CN)C(F)c1cnc(N)s1. The van der Waals surface area contributed by atoms with Crippen LogP contribution < -0.4 is 11.5 Å². The Balaban J connectivity index is 2.77. The molecular formula is C9H16FN3S. The first-order valence-electron chi connectivity index (χ1n) is 4.61. The number of nitrogens with two attached hydrogens (primary N) is 2. The van der Waals surface area contributed by atoms with Gasteiger partial charge in [0.1, 0.15) is 6.17 Å². The lowest BCUT2D eigenvalue weighted by Crippen LogP contribution is -2.24. The number of alkyl halides is 1. The van der Waals surface area contributed by atoms with Crippen LogP contribution >= 0.6 is 11.3 Å². The van der Waals surface area contributed by atoms with Crippen LogP contribution in [0.1, 0.15) is 24.9 Å². The molecule has 0 aliphatic carbocycles. The summed E-state index contributed by atoms with van der Waals surface area (Å²) in [5.41, 5.74) is 11.0. The number of hydrogen-bond donors (Lipinski definition) is 2. The molecule has 0 saturated carbocycles. The van der Waals surface area contributed by atoms with Gasteiger partial charge < -0.3 is 11.5 Å². The monoisotopic (exact) mass is 217 g/mol. The van der Waals surface area contributed by atoms with E-state index in [9.17, 15) is 4.39 Å². The summed E-state index contributed by atoms with van der Waals surface area (Å²) in [7, 11) is 0. The summed E-state index contributed by atoms with van der Waals surface area (Å²) in [4.78, 5) is 4.40. The van der Waals surface area contributed by atoms with Crippen molar-refractivity contribution in [3.63, 3.8) is 0 Å². The maximum absolute atomic E-state index is 13.9. The third-order valence-electron chi connectivity index (χ3n) is 2.32. The number of nitrogens with zero attached hydrogens (tertiary/aromatic N) is 1. The van der Waals surface area contributed by atoms with Gasteiger partial charge in [-0.15, -0.1) is 0 Å². The molecule has 2 atom stereocenters. The molecule has 0 aliphatic heterocycles. The lowest BCUT2D eigenvalue weighted by Gasteiger charge is -2.21. The van der Waals surface area contributed by atoms with Gasteiger partial charge in [-0.3, -0.25) is 0 Å². The average molecular weight is 217 g/mol. The van der Waals surface area contributed by atoms with Gasteiger partial charge in [0.2, 0.25) is 0 Å². The number of aromatic nitrogens is 1. The van der Waals surface area contributed by atoms with E-state index < -0.39 is 6.17 Å². The minimum absolute atomic E-state index is 0.158. The highest BCUT2D eigenvalue weighted by atomic mass is 32.1. The molecule has 1 rings (SSSR count). The molecule has 0 radical (unpaired) electrons. The maximum atomic E-state index is 13.9. The van der Waals surface area contributed by atoms with Gasteiger partial charge in [-0.2, -0.15) is 0 Å². The summed E-state index contributed by atoms with van der Waals surface area (Å²) >= 11 is 1.19. The molecule has 2 unspecified atom stereocenters. The third-order valence-corrected chi connectivity index (χ3v) is 3.20. The van der Waals surface area contributed by atoms with Crippen LogP contribution in [0.4, 0.5) is 9.52 Å². The normalized spacial score (nSPS) is 15.8. The van der Waals surface area contributed by atoms with E-state index in [-0.39, 0.29) is 11.8 Å². The average Bonchev–Trinajstić information content (AvgIpc) is 2.52. The Hall–Kier alpha value is -0.680. The van der Waals surface area contributed by atoms with Gasteiger partial charge in [-0.25, -0.2) is 9.37 Å². The zero-order valence-electron chi connectivity index (χ0n) is 8.40. The van der Waals surface area contributed by atoms with E-state index in [1.54, 1.807) is 0 Å². The van der Waals surface area contributed by atoms with Crippen molar-refractivity contribution in [1.82, 2.24) is 4.98 Å². The van der Waals surface area contributed by atoms with Gasteiger partial charge in [0, 0.05) is 12.1 Å². The van der Waals surface area contributed by atoms with E-state index in [0.717, 1.165) is 0 Å². The van der Waals surface area contributed by atoms with E-state index in [0.29, 0.717) is 16.6 Å². The highest BCUT2D eigenvalue weighted by Crippen LogP contribution is 2.34. The first kappa shape index (κ1) is 11.4. The first-order chi connectivity index (χ1) is 6.56. The number of thiazole rings is 1. The molecule has 1 aromatic rings. The smallest absolute Gasteiger partial charge is 0.180 e. The number of halogens is 1. The van der Waals surface area contributed by atoms with Crippen LogP contribution in [0.5, 0.6) is 0 Å². The van der Waals surface area contributed by atoms with E-state index in [1.807, 2.05) is 13.8 Å². The predicted molar refractivity (Wildman–Crippen MR) is 57.8 cm³/mol. The zero-order valence-corrected chi connectivity index (χ0v) is 9.22. The molecule has 1 aromatic heterocycles. The second-order valence-corrected chi connectivity index (χ2v) is 4.74. The van der Waals surface area contributed by atoms with Crippen LogP contribution in [0, 0.1) is 11.8 Å².